The molecule has 0 aliphatic rings. The minimum atomic E-state index is -1.43. The molecule has 4 rings (SSSR count). The molecule has 4 unspecified atom stereocenters. The first kappa shape index (κ1) is 29.8. The van der Waals surface area contributed by atoms with Crippen LogP contribution in [0.4, 0.5) is 0 Å². The lowest BCUT2D eigenvalue weighted by molar-refractivity contribution is -0.142. The fraction of sp³-hybridized carbons (Fsp3) is 0.276. The molecule has 0 aliphatic heterocycles. The monoisotopic (exact) mass is 575 g/mol. The Morgan fingerprint density at radius 3 is 1.81 bits per heavy atom. The molecular weight excluding hydrogens is 542 g/mol. The maximum Gasteiger partial charge on any atom is 0.325 e. The summed E-state index contributed by atoms with van der Waals surface area (Å²) in [6, 6.07) is 9.87. The first-order valence-electron chi connectivity index (χ1n) is 13.3. The van der Waals surface area contributed by atoms with Crippen LogP contribution in [0, 0.1) is 0 Å². The number of nitrogens with two attached hydrogens (primary N) is 2. The summed E-state index contributed by atoms with van der Waals surface area (Å²) in [5.74, 6) is -4.44. The third kappa shape index (κ3) is 7.12. The highest BCUT2D eigenvalue weighted by Crippen LogP contribution is 2.20. The number of amides is 4. The number of hydrogen-bond acceptors (Lipinski definition) is 6. The highest BCUT2D eigenvalue weighted by Gasteiger charge is 2.31. The first-order valence-corrected chi connectivity index (χ1v) is 13.3. The normalized spacial score (nSPS) is 14.0. The number of carboxylic acids is 1. The summed E-state index contributed by atoms with van der Waals surface area (Å²) in [4.78, 5) is 68.9. The van der Waals surface area contributed by atoms with Crippen LogP contribution >= 0.6 is 0 Å². The van der Waals surface area contributed by atoms with Gasteiger partial charge in [0, 0.05) is 40.6 Å². The van der Waals surface area contributed by atoms with E-state index in [0.29, 0.717) is 5.56 Å². The number of H-pyrrole nitrogens is 2. The Kier molecular flexibility index (Phi) is 9.22. The molecule has 0 saturated heterocycles. The van der Waals surface area contributed by atoms with Crippen LogP contribution in [-0.2, 0) is 36.8 Å². The number of carbonyl (C=O) groups is 5. The van der Waals surface area contributed by atoms with Gasteiger partial charge < -0.3 is 42.5 Å². The van der Waals surface area contributed by atoms with Crippen LogP contribution in [-0.4, -0.2) is 68.8 Å². The van der Waals surface area contributed by atoms with E-state index < -0.39 is 60.2 Å². The van der Waals surface area contributed by atoms with E-state index >= 15 is 0 Å². The number of carboxylic acid groups (broad SMARTS) is 1. The predicted octanol–water partition coefficient (Wildman–Crippen LogP) is 0.196. The van der Waals surface area contributed by atoms with E-state index in [1.165, 1.54) is 6.92 Å². The number of aromatic amines is 2. The standard InChI is InChI=1S/C29H33N7O6/c1-15(29(41)42)34-27(39)23(11-17-14-33-22-9-5-3-7-19(17)22)36-28(40)24(12-25(31)37)35-26(38)20(30)10-16-13-32-21-8-4-2-6-18(16)21/h2-9,13-15,20,23-24,32-33H,10-12,30H2,1H3,(H2,31,37)(H,34,39)(H,35,38)(H,36,40)(H,41,42). The van der Waals surface area contributed by atoms with Crippen LogP contribution in [0.3, 0.4) is 0 Å². The lowest BCUT2D eigenvalue weighted by Gasteiger charge is -2.24. The molecule has 0 saturated carbocycles. The number of fused-ring (bicyclic) bond motifs is 2. The molecule has 2 heterocycles. The molecule has 10 N–H and O–H groups in total. The molecule has 42 heavy (non-hydrogen) atoms. The maximum absolute atomic E-state index is 13.4. The van der Waals surface area contributed by atoms with Crippen LogP contribution in [0.1, 0.15) is 24.5 Å². The van der Waals surface area contributed by atoms with E-state index in [-0.39, 0.29) is 12.8 Å². The van der Waals surface area contributed by atoms with Gasteiger partial charge in [-0.2, -0.15) is 0 Å². The third-order valence-electron chi connectivity index (χ3n) is 6.95. The van der Waals surface area contributed by atoms with E-state index in [1.54, 1.807) is 12.4 Å². The zero-order chi connectivity index (χ0) is 30.4. The quantitative estimate of drug-likeness (QED) is 0.110. The molecule has 0 spiro atoms. The zero-order valence-electron chi connectivity index (χ0n) is 22.8. The van der Waals surface area contributed by atoms with Gasteiger partial charge >= 0.3 is 5.97 Å². The number of rotatable bonds is 13. The summed E-state index contributed by atoms with van der Waals surface area (Å²) in [6.45, 7) is 1.29. The van der Waals surface area contributed by atoms with E-state index in [9.17, 15) is 29.1 Å². The summed E-state index contributed by atoms with van der Waals surface area (Å²) in [5.41, 5.74) is 14.7. The van der Waals surface area contributed by atoms with Gasteiger partial charge in [-0.05, 0) is 36.6 Å². The highest BCUT2D eigenvalue weighted by atomic mass is 16.4. The Hall–Kier alpha value is -5.17. The fourth-order valence-corrected chi connectivity index (χ4v) is 4.70. The Labute approximate surface area is 240 Å². The minimum Gasteiger partial charge on any atom is -0.480 e. The molecule has 0 bridgehead atoms. The van der Waals surface area contributed by atoms with Crippen molar-refractivity contribution in [2.24, 2.45) is 11.5 Å². The molecule has 4 atom stereocenters. The van der Waals surface area contributed by atoms with Gasteiger partial charge in [-0.25, -0.2) is 0 Å². The summed E-state index contributed by atoms with van der Waals surface area (Å²) in [5, 5.41) is 18.4. The van der Waals surface area contributed by atoms with Crippen LogP contribution in [0.5, 0.6) is 0 Å². The number of aromatic nitrogens is 2. The second-order valence-corrected chi connectivity index (χ2v) is 10.1. The average Bonchev–Trinajstić information content (AvgIpc) is 3.56. The summed E-state index contributed by atoms with van der Waals surface area (Å²) in [6.07, 6.45) is 3.02. The van der Waals surface area contributed by atoms with E-state index in [1.807, 2.05) is 48.5 Å². The molecule has 4 amide bonds. The topological polar surface area (TPSA) is 225 Å². The second-order valence-electron chi connectivity index (χ2n) is 10.1. The van der Waals surface area contributed by atoms with Gasteiger partial charge in [-0.1, -0.05) is 36.4 Å². The van der Waals surface area contributed by atoms with Gasteiger partial charge in [-0.15, -0.1) is 0 Å². The molecule has 4 aromatic rings. The molecule has 13 heteroatoms. The van der Waals surface area contributed by atoms with Crippen molar-refractivity contribution in [3.05, 3.63) is 72.1 Å². The fourth-order valence-electron chi connectivity index (χ4n) is 4.70. The Bertz CT molecular complexity index is 1630. The van der Waals surface area contributed by atoms with E-state index in [2.05, 4.69) is 25.9 Å². The number of para-hydroxylation sites is 2. The van der Waals surface area contributed by atoms with Crippen molar-refractivity contribution in [2.45, 2.75) is 50.4 Å². The molecule has 0 aliphatic carbocycles. The molecule has 0 radical (unpaired) electrons. The average molecular weight is 576 g/mol. The molecule has 2 aromatic heterocycles. The summed E-state index contributed by atoms with van der Waals surface area (Å²) < 4.78 is 0. The van der Waals surface area contributed by atoms with Crippen LogP contribution in [0.25, 0.3) is 21.8 Å². The summed E-state index contributed by atoms with van der Waals surface area (Å²) in [7, 11) is 0. The van der Waals surface area contributed by atoms with Gasteiger partial charge in [-0.3, -0.25) is 24.0 Å². The van der Waals surface area contributed by atoms with Crippen molar-refractivity contribution in [3.63, 3.8) is 0 Å². The summed E-state index contributed by atoms with van der Waals surface area (Å²) >= 11 is 0. The predicted molar refractivity (Wildman–Crippen MR) is 155 cm³/mol. The zero-order valence-corrected chi connectivity index (χ0v) is 22.8. The number of primary amides is 1. The van der Waals surface area contributed by atoms with Crippen LogP contribution < -0.4 is 27.4 Å². The SMILES string of the molecule is CC(NC(=O)C(Cc1c[nH]c2ccccc12)NC(=O)C(CC(N)=O)NC(=O)C(N)Cc1c[nH]c2ccccc12)C(=O)O. The van der Waals surface area contributed by atoms with Gasteiger partial charge in [0.25, 0.3) is 0 Å². The van der Waals surface area contributed by atoms with Crippen molar-refractivity contribution in [2.75, 3.05) is 0 Å². The molecule has 13 nitrogen and oxygen atoms in total. The lowest BCUT2D eigenvalue weighted by Crippen LogP contribution is -2.58. The minimum absolute atomic E-state index is 0.00869. The Morgan fingerprint density at radius 2 is 1.26 bits per heavy atom. The Balaban J connectivity index is 1.51. The number of aliphatic carboxylic acids is 1. The van der Waals surface area contributed by atoms with Gasteiger partial charge in [0.2, 0.25) is 23.6 Å². The van der Waals surface area contributed by atoms with Crippen LogP contribution in [0.2, 0.25) is 0 Å². The van der Waals surface area contributed by atoms with Gasteiger partial charge in [0.1, 0.15) is 18.1 Å². The number of hydrogen-bond donors (Lipinski definition) is 8. The first-order chi connectivity index (χ1) is 20.0. The highest BCUT2D eigenvalue weighted by molar-refractivity contribution is 5.97. The number of benzene rings is 2. The third-order valence-corrected chi connectivity index (χ3v) is 6.95. The van der Waals surface area contributed by atoms with Crippen molar-refractivity contribution in [3.8, 4) is 0 Å². The smallest absolute Gasteiger partial charge is 0.325 e. The molecular formula is C29H33N7O6. The largest absolute Gasteiger partial charge is 0.480 e. The Morgan fingerprint density at radius 1 is 0.762 bits per heavy atom. The lowest BCUT2D eigenvalue weighted by atomic mass is 10.0. The van der Waals surface area contributed by atoms with Gasteiger partial charge in [0.05, 0.1) is 12.5 Å². The second kappa shape index (κ2) is 13.0. The number of nitrogens with one attached hydrogen (secondary N) is 5. The van der Waals surface area contributed by atoms with Crippen molar-refractivity contribution >= 4 is 51.4 Å². The van der Waals surface area contributed by atoms with E-state index in [4.69, 9.17) is 11.5 Å². The van der Waals surface area contributed by atoms with E-state index in [0.717, 1.165) is 27.4 Å². The van der Waals surface area contributed by atoms with Crippen molar-refractivity contribution < 1.29 is 29.1 Å². The molecule has 2 aromatic carbocycles. The molecule has 0 fully saturated rings. The van der Waals surface area contributed by atoms with Crippen molar-refractivity contribution in [1.29, 1.82) is 0 Å². The van der Waals surface area contributed by atoms with Gasteiger partial charge in [0.15, 0.2) is 0 Å². The maximum atomic E-state index is 13.4. The number of carbonyl (C=O) groups excluding carboxylic acids is 4. The van der Waals surface area contributed by atoms with Crippen molar-refractivity contribution in [1.82, 2.24) is 25.9 Å². The molecule has 220 valence electrons. The van der Waals surface area contributed by atoms with Crippen LogP contribution in [0.15, 0.2) is 60.9 Å².